The van der Waals surface area contributed by atoms with E-state index in [1.807, 2.05) is 17.5 Å². The number of hydrogen-bond acceptors (Lipinski definition) is 2. The summed E-state index contributed by atoms with van der Waals surface area (Å²) in [4.78, 5) is 12.7. The summed E-state index contributed by atoms with van der Waals surface area (Å²) >= 11 is 1.61. The number of amides is 1. The van der Waals surface area contributed by atoms with Gasteiger partial charge in [0, 0.05) is 4.88 Å². The minimum atomic E-state index is -0.284. The molecule has 1 heterocycles. The lowest BCUT2D eigenvalue weighted by Gasteiger charge is -2.03. The standard InChI is InChI=1S/C13H12FNOS/c14-11-5-3-10(4-6-11)8-13(16)15-9-12-2-1-7-17-12/h1-7H,8-9H2,(H,15,16). The zero-order chi connectivity index (χ0) is 12.1. The van der Waals surface area contributed by atoms with Gasteiger partial charge in [-0.1, -0.05) is 18.2 Å². The van der Waals surface area contributed by atoms with E-state index in [9.17, 15) is 9.18 Å². The van der Waals surface area contributed by atoms with Gasteiger partial charge in [0.2, 0.25) is 5.91 Å². The van der Waals surface area contributed by atoms with Crippen molar-refractivity contribution in [2.45, 2.75) is 13.0 Å². The lowest BCUT2D eigenvalue weighted by Crippen LogP contribution is -2.24. The molecule has 0 saturated heterocycles. The number of nitrogens with one attached hydrogen (secondary N) is 1. The van der Waals surface area contributed by atoms with Gasteiger partial charge in [0.05, 0.1) is 13.0 Å². The third-order valence-electron chi connectivity index (χ3n) is 2.32. The zero-order valence-electron chi connectivity index (χ0n) is 9.15. The van der Waals surface area contributed by atoms with Crippen LogP contribution in [0.2, 0.25) is 0 Å². The Hall–Kier alpha value is -1.68. The first kappa shape index (κ1) is 11.8. The molecule has 4 heteroatoms. The van der Waals surface area contributed by atoms with Crippen LogP contribution >= 0.6 is 11.3 Å². The fourth-order valence-corrected chi connectivity index (χ4v) is 2.09. The van der Waals surface area contributed by atoms with Crippen LogP contribution in [0.3, 0.4) is 0 Å². The van der Waals surface area contributed by atoms with Crippen molar-refractivity contribution in [2.24, 2.45) is 0 Å². The predicted octanol–water partition coefficient (Wildman–Crippen LogP) is 2.75. The number of thiophene rings is 1. The van der Waals surface area contributed by atoms with Crippen LogP contribution in [-0.4, -0.2) is 5.91 Å². The summed E-state index contributed by atoms with van der Waals surface area (Å²) in [6.07, 6.45) is 0.283. The van der Waals surface area contributed by atoms with Gasteiger partial charge >= 0.3 is 0 Å². The lowest BCUT2D eigenvalue weighted by atomic mass is 10.1. The highest BCUT2D eigenvalue weighted by molar-refractivity contribution is 7.09. The second-order valence-corrected chi connectivity index (χ2v) is 4.69. The first-order valence-electron chi connectivity index (χ1n) is 5.27. The quantitative estimate of drug-likeness (QED) is 0.887. The number of halogens is 1. The Bertz CT molecular complexity index is 479. The molecule has 1 amide bonds. The first-order chi connectivity index (χ1) is 8.24. The highest BCUT2D eigenvalue weighted by Gasteiger charge is 2.03. The van der Waals surface area contributed by atoms with Crippen molar-refractivity contribution in [2.75, 3.05) is 0 Å². The Balaban J connectivity index is 1.83. The van der Waals surface area contributed by atoms with Gasteiger partial charge in [0.25, 0.3) is 0 Å². The normalized spacial score (nSPS) is 10.2. The van der Waals surface area contributed by atoms with Crippen molar-refractivity contribution in [3.05, 3.63) is 58.0 Å². The van der Waals surface area contributed by atoms with Crippen LogP contribution in [0.15, 0.2) is 41.8 Å². The summed E-state index contributed by atoms with van der Waals surface area (Å²) < 4.78 is 12.7. The van der Waals surface area contributed by atoms with E-state index < -0.39 is 0 Å². The van der Waals surface area contributed by atoms with E-state index in [0.29, 0.717) is 6.54 Å². The van der Waals surface area contributed by atoms with E-state index in [2.05, 4.69) is 5.32 Å². The fourth-order valence-electron chi connectivity index (χ4n) is 1.45. The van der Waals surface area contributed by atoms with Crippen LogP contribution < -0.4 is 5.32 Å². The summed E-state index contributed by atoms with van der Waals surface area (Å²) in [6, 6.07) is 9.90. The third kappa shape index (κ3) is 3.67. The average Bonchev–Trinajstić information content (AvgIpc) is 2.83. The number of carbonyl (C=O) groups is 1. The Morgan fingerprint density at radius 1 is 1.24 bits per heavy atom. The van der Waals surface area contributed by atoms with E-state index in [1.54, 1.807) is 23.5 Å². The maximum atomic E-state index is 12.7. The molecule has 0 aliphatic carbocycles. The Morgan fingerprint density at radius 2 is 2.00 bits per heavy atom. The first-order valence-corrected chi connectivity index (χ1v) is 6.15. The zero-order valence-corrected chi connectivity index (χ0v) is 9.97. The smallest absolute Gasteiger partial charge is 0.224 e. The van der Waals surface area contributed by atoms with Crippen LogP contribution in [0.25, 0.3) is 0 Å². The van der Waals surface area contributed by atoms with E-state index >= 15 is 0 Å². The minimum absolute atomic E-state index is 0.0509. The fraction of sp³-hybridized carbons (Fsp3) is 0.154. The molecule has 0 bridgehead atoms. The molecule has 1 N–H and O–H groups in total. The molecule has 0 unspecified atom stereocenters. The van der Waals surface area contributed by atoms with E-state index in [-0.39, 0.29) is 18.1 Å². The molecule has 0 aliphatic heterocycles. The predicted molar refractivity (Wildman–Crippen MR) is 66.3 cm³/mol. The molecule has 0 fully saturated rings. The number of rotatable bonds is 4. The molecule has 1 aromatic carbocycles. The van der Waals surface area contributed by atoms with Crippen LogP contribution in [0.4, 0.5) is 4.39 Å². The number of hydrogen-bond donors (Lipinski definition) is 1. The number of benzene rings is 1. The molecular formula is C13H12FNOS. The van der Waals surface area contributed by atoms with Crippen LogP contribution in [0.1, 0.15) is 10.4 Å². The van der Waals surface area contributed by atoms with Gasteiger partial charge < -0.3 is 5.32 Å². The monoisotopic (exact) mass is 249 g/mol. The van der Waals surface area contributed by atoms with Crippen molar-refractivity contribution in [1.29, 1.82) is 0 Å². The molecule has 0 radical (unpaired) electrons. The van der Waals surface area contributed by atoms with Gasteiger partial charge in [-0.15, -0.1) is 11.3 Å². The van der Waals surface area contributed by atoms with Crippen LogP contribution in [-0.2, 0) is 17.8 Å². The van der Waals surface area contributed by atoms with E-state index in [0.717, 1.165) is 10.4 Å². The minimum Gasteiger partial charge on any atom is -0.351 e. The maximum Gasteiger partial charge on any atom is 0.224 e. The topological polar surface area (TPSA) is 29.1 Å². The molecule has 0 atom stereocenters. The molecule has 17 heavy (non-hydrogen) atoms. The lowest BCUT2D eigenvalue weighted by molar-refractivity contribution is -0.120. The molecule has 88 valence electrons. The van der Waals surface area contributed by atoms with Gasteiger partial charge in [0.1, 0.15) is 5.82 Å². The van der Waals surface area contributed by atoms with Gasteiger partial charge in [-0.3, -0.25) is 4.79 Å². The van der Waals surface area contributed by atoms with E-state index in [1.165, 1.54) is 12.1 Å². The summed E-state index contributed by atoms with van der Waals surface area (Å²) in [5.74, 6) is -0.335. The van der Waals surface area contributed by atoms with Gasteiger partial charge in [-0.2, -0.15) is 0 Å². The summed E-state index contributed by atoms with van der Waals surface area (Å²) in [6.45, 7) is 0.553. The summed E-state index contributed by atoms with van der Waals surface area (Å²) in [5, 5.41) is 4.80. The molecule has 2 rings (SSSR count). The summed E-state index contributed by atoms with van der Waals surface area (Å²) in [5.41, 5.74) is 0.815. The third-order valence-corrected chi connectivity index (χ3v) is 3.19. The van der Waals surface area contributed by atoms with Gasteiger partial charge in [0.15, 0.2) is 0 Å². The van der Waals surface area contributed by atoms with Gasteiger partial charge in [-0.25, -0.2) is 4.39 Å². The Kier molecular flexibility index (Phi) is 3.88. The highest BCUT2D eigenvalue weighted by Crippen LogP contribution is 2.08. The molecule has 0 spiro atoms. The second-order valence-electron chi connectivity index (χ2n) is 3.66. The second kappa shape index (κ2) is 5.59. The van der Waals surface area contributed by atoms with Crippen LogP contribution in [0.5, 0.6) is 0 Å². The van der Waals surface area contributed by atoms with Crippen molar-refractivity contribution < 1.29 is 9.18 Å². The van der Waals surface area contributed by atoms with E-state index in [4.69, 9.17) is 0 Å². The van der Waals surface area contributed by atoms with Crippen molar-refractivity contribution in [3.63, 3.8) is 0 Å². The molecule has 0 saturated carbocycles. The van der Waals surface area contributed by atoms with Crippen molar-refractivity contribution in [3.8, 4) is 0 Å². The Labute approximate surface area is 103 Å². The van der Waals surface area contributed by atoms with Crippen molar-refractivity contribution >= 4 is 17.2 Å². The largest absolute Gasteiger partial charge is 0.351 e. The summed E-state index contributed by atoms with van der Waals surface area (Å²) in [7, 11) is 0. The highest BCUT2D eigenvalue weighted by atomic mass is 32.1. The maximum absolute atomic E-state index is 12.7. The van der Waals surface area contributed by atoms with Gasteiger partial charge in [-0.05, 0) is 29.1 Å². The van der Waals surface area contributed by atoms with Crippen LogP contribution in [0, 0.1) is 5.82 Å². The molecular weight excluding hydrogens is 237 g/mol. The average molecular weight is 249 g/mol. The molecule has 0 aliphatic rings. The molecule has 2 nitrogen and oxygen atoms in total. The Morgan fingerprint density at radius 3 is 2.65 bits per heavy atom. The SMILES string of the molecule is O=C(Cc1ccc(F)cc1)NCc1cccs1. The molecule has 2 aromatic rings. The molecule has 1 aromatic heterocycles. The number of carbonyl (C=O) groups excluding carboxylic acids is 1. The van der Waals surface area contributed by atoms with Crippen molar-refractivity contribution in [1.82, 2.24) is 5.32 Å².